The van der Waals surface area contributed by atoms with Crippen LogP contribution >= 0.6 is 0 Å². The fourth-order valence-corrected chi connectivity index (χ4v) is 4.58. The van der Waals surface area contributed by atoms with Gasteiger partial charge in [-0.2, -0.15) is 0 Å². The average Bonchev–Trinajstić information content (AvgIpc) is 3.23. The molecule has 2 aromatic carbocycles. The maximum atomic E-state index is 12.8. The SMILES string of the molecule is COc1ccc(OC(F)(F)F)cc1CC1(N2CCCCC2c2ccccc2)C=CC=N1. The Morgan fingerprint density at radius 2 is 1.94 bits per heavy atom. The van der Waals surface area contributed by atoms with Gasteiger partial charge in [-0.25, -0.2) is 0 Å². The molecule has 4 nitrogen and oxygen atoms in total. The van der Waals surface area contributed by atoms with E-state index in [0.29, 0.717) is 17.7 Å². The van der Waals surface area contributed by atoms with Crippen LogP contribution in [0.5, 0.6) is 11.5 Å². The standard InChI is InChI=1S/C24H25F3N2O2/c1-30-22-12-11-20(31-24(25,26)27)16-19(22)17-23(13-7-14-28-23)29-15-6-5-10-21(29)18-8-3-2-4-9-18/h2-4,7-9,11-14,16,21H,5-6,10,15,17H2,1H3. The van der Waals surface area contributed by atoms with Crippen LogP contribution in [0.4, 0.5) is 13.2 Å². The second-order valence-corrected chi connectivity index (χ2v) is 7.83. The molecule has 0 amide bonds. The number of allylic oxidation sites excluding steroid dienone is 1. The zero-order chi connectivity index (χ0) is 21.9. The lowest BCUT2D eigenvalue weighted by molar-refractivity contribution is -0.274. The van der Waals surface area contributed by atoms with E-state index in [9.17, 15) is 13.2 Å². The van der Waals surface area contributed by atoms with Crippen LogP contribution in [0, 0.1) is 0 Å². The fourth-order valence-electron chi connectivity index (χ4n) is 4.58. The Morgan fingerprint density at radius 1 is 1.13 bits per heavy atom. The summed E-state index contributed by atoms with van der Waals surface area (Å²) in [4.78, 5) is 7.18. The van der Waals surface area contributed by atoms with Crippen LogP contribution in [0.25, 0.3) is 0 Å². The van der Waals surface area contributed by atoms with Crippen molar-refractivity contribution in [2.75, 3.05) is 13.7 Å². The molecule has 31 heavy (non-hydrogen) atoms. The van der Waals surface area contributed by atoms with Crippen LogP contribution in [0.3, 0.4) is 0 Å². The van der Waals surface area contributed by atoms with Crippen molar-refractivity contribution >= 4 is 6.21 Å². The first-order valence-corrected chi connectivity index (χ1v) is 10.4. The Morgan fingerprint density at radius 3 is 2.61 bits per heavy atom. The minimum Gasteiger partial charge on any atom is -0.496 e. The van der Waals surface area contributed by atoms with Crippen molar-refractivity contribution in [3.8, 4) is 11.5 Å². The molecular weight excluding hydrogens is 405 g/mol. The number of hydrogen-bond acceptors (Lipinski definition) is 4. The Kier molecular flexibility index (Phi) is 6.05. The van der Waals surface area contributed by atoms with Gasteiger partial charge in [-0.15, -0.1) is 13.2 Å². The summed E-state index contributed by atoms with van der Waals surface area (Å²) in [6.45, 7) is 0.850. The maximum Gasteiger partial charge on any atom is 0.573 e. The molecule has 1 saturated heterocycles. The third-order valence-corrected chi connectivity index (χ3v) is 5.87. The summed E-state index contributed by atoms with van der Waals surface area (Å²) in [6.07, 6.45) is 4.50. The summed E-state index contributed by atoms with van der Waals surface area (Å²) in [5.74, 6) is 0.250. The molecule has 0 spiro atoms. The number of halogens is 3. The van der Waals surface area contributed by atoms with Gasteiger partial charge in [0.15, 0.2) is 0 Å². The predicted molar refractivity (Wildman–Crippen MR) is 113 cm³/mol. The van der Waals surface area contributed by atoms with Crippen LogP contribution in [-0.4, -0.2) is 36.8 Å². The Balaban J connectivity index is 1.70. The van der Waals surface area contributed by atoms with E-state index in [2.05, 4.69) is 21.8 Å². The molecule has 164 valence electrons. The van der Waals surface area contributed by atoms with Crippen molar-refractivity contribution in [3.05, 3.63) is 71.8 Å². The van der Waals surface area contributed by atoms with Crippen LogP contribution in [0.1, 0.15) is 36.4 Å². The van der Waals surface area contributed by atoms with Gasteiger partial charge in [0.05, 0.1) is 7.11 Å². The largest absolute Gasteiger partial charge is 0.573 e. The molecule has 2 aliphatic rings. The number of alkyl halides is 3. The lowest BCUT2D eigenvalue weighted by Crippen LogP contribution is -2.50. The van der Waals surface area contributed by atoms with Gasteiger partial charge in [0.2, 0.25) is 0 Å². The first-order valence-electron chi connectivity index (χ1n) is 10.4. The van der Waals surface area contributed by atoms with Gasteiger partial charge in [0.25, 0.3) is 0 Å². The molecule has 0 aromatic heterocycles. The molecular formula is C24H25F3N2O2. The number of likely N-dealkylation sites (tertiary alicyclic amines) is 1. The van der Waals surface area contributed by atoms with Gasteiger partial charge in [0, 0.05) is 30.8 Å². The van der Waals surface area contributed by atoms with E-state index in [-0.39, 0.29) is 11.8 Å². The normalized spacial score (nSPS) is 23.8. The van der Waals surface area contributed by atoms with Gasteiger partial charge >= 0.3 is 6.36 Å². The number of hydrogen-bond donors (Lipinski definition) is 0. The van der Waals surface area contributed by atoms with E-state index < -0.39 is 12.0 Å². The van der Waals surface area contributed by atoms with Crippen molar-refractivity contribution < 1.29 is 22.6 Å². The second kappa shape index (κ2) is 8.75. The molecule has 4 rings (SSSR count). The van der Waals surface area contributed by atoms with Gasteiger partial charge in [0.1, 0.15) is 17.2 Å². The second-order valence-electron chi connectivity index (χ2n) is 7.83. The van der Waals surface area contributed by atoms with Crippen molar-refractivity contribution in [3.63, 3.8) is 0 Å². The first-order chi connectivity index (χ1) is 14.9. The zero-order valence-electron chi connectivity index (χ0n) is 17.3. The Hall–Kier alpha value is -2.80. The predicted octanol–water partition coefficient (Wildman–Crippen LogP) is 5.70. The third-order valence-electron chi connectivity index (χ3n) is 5.87. The van der Waals surface area contributed by atoms with Crippen molar-refractivity contribution in [1.29, 1.82) is 0 Å². The van der Waals surface area contributed by atoms with E-state index in [4.69, 9.17) is 9.73 Å². The molecule has 2 heterocycles. The molecule has 0 N–H and O–H groups in total. The molecule has 0 aliphatic carbocycles. The van der Waals surface area contributed by atoms with Gasteiger partial charge < -0.3 is 9.47 Å². The Bertz CT molecular complexity index is 945. The molecule has 1 fully saturated rings. The Labute approximate surface area is 180 Å². The summed E-state index contributed by atoms with van der Waals surface area (Å²) in [7, 11) is 1.51. The average molecular weight is 430 g/mol. The summed E-state index contributed by atoms with van der Waals surface area (Å²) in [5, 5.41) is 0. The van der Waals surface area contributed by atoms with Crippen LogP contribution < -0.4 is 9.47 Å². The zero-order valence-corrected chi connectivity index (χ0v) is 17.3. The first kappa shape index (κ1) is 21.4. The molecule has 0 saturated carbocycles. The van der Waals surface area contributed by atoms with Gasteiger partial charge in [-0.1, -0.05) is 36.8 Å². The summed E-state index contributed by atoms with van der Waals surface area (Å²) >= 11 is 0. The molecule has 0 bridgehead atoms. The highest BCUT2D eigenvalue weighted by atomic mass is 19.4. The fraction of sp³-hybridized carbons (Fsp3) is 0.375. The van der Waals surface area contributed by atoms with Crippen LogP contribution in [0.2, 0.25) is 0 Å². The minimum absolute atomic E-state index is 0.176. The quantitative estimate of drug-likeness (QED) is 0.590. The van der Waals surface area contributed by atoms with Gasteiger partial charge in [-0.05, 0) is 48.8 Å². The minimum atomic E-state index is -4.75. The summed E-state index contributed by atoms with van der Waals surface area (Å²) in [6, 6.07) is 14.7. The highest BCUT2D eigenvalue weighted by Crippen LogP contribution is 2.42. The topological polar surface area (TPSA) is 34.1 Å². The molecule has 7 heteroatoms. The third kappa shape index (κ3) is 4.77. The monoisotopic (exact) mass is 430 g/mol. The van der Waals surface area contributed by atoms with Crippen LogP contribution in [0.15, 0.2) is 65.7 Å². The number of ether oxygens (including phenoxy) is 2. The summed E-state index contributed by atoms with van der Waals surface area (Å²) < 4.78 is 47.9. The van der Waals surface area contributed by atoms with E-state index in [1.165, 1.54) is 30.9 Å². The smallest absolute Gasteiger partial charge is 0.496 e. The van der Waals surface area contributed by atoms with Crippen molar-refractivity contribution in [1.82, 2.24) is 4.90 Å². The van der Waals surface area contributed by atoms with E-state index in [0.717, 1.165) is 25.8 Å². The number of aliphatic imine (C=N–C) groups is 1. The van der Waals surface area contributed by atoms with Gasteiger partial charge in [-0.3, -0.25) is 9.89 Å². The maximum absolute atomic E-state index is 12.8. The van der Waals surface area contributed by atoms with Crippen molar-refractivity contribution in [2.45, 2.75) is 43.8 Å². The number of benzene rings is 2. The molecule has 2 aromatic rings. The van der Waals surface area contributed by atoms with E-state index >= 15 is 0 Å². The number of methoxy groups -OCH3 is 1. The number of piperidine rings is 1. The van der Waals surface area contributed by atoms with Crippen LogP contribution in [-0.2, 0) is 6.42 Å². The molecule has 2 atom stereocenters. The lowest BCUT2D eigenvalue weighted by Gasteiger charge is -2.46. The van der Waals surface area contributed by atoms with E-state index in [1.54, 1.807) is 6.21 Å². The highest BCUT2D eigenvalue weighted by molar-refractivity contribution is 5.75. The lowest BCUT2D eigenvalue weighted by atomic mass is 9.88. The van der Waals surface area contributed by atoms with Crippen molar-refractivity contribution in [2.24, 2.45) is 4.99 Å². The van der Waals surface area contributed by atoms with E-state index in [1.807, 2.05) is 30.4 Å². The number of nitrogens with zero attached hydrogens (tertiary/aromatic N) is 2. The molecule has 2 unspecified atom stereocenters. The molecule has 0 radical (unpaired) electrons. The highest BCUT2D eigenvalue weighted by Gasteiger charge is 2.42. The molecule has 2 aliphatic heterocycles. The summed E-state index contributed by atoms with van der Waals surface area (Å²) in [5.41, 5.74) is 1.15. The number of rotatable bonds is 6.